The number of carboxylic acids is 1. The number of aliphatic carboxylic acids is 1. The van der Waals surface area contributed by atoms with Gasteiger partial charge >= 0.3 is 5.97 Å². The average Bonchev–Trinajstić information content (AvgIpc) is 2.29. The molecule has 100 valence electrons. The molecule has 3 heteroatoms. The molecular weight excluding hydrogens is 214 g/mol. The minimum absolute atomic E-state index is 0.162. The van der Waals surface area contributed by atoms with Gasteiger partial charge in [-0.3, -0.25) is 9.69 Å². The van der Waals surface area contributed by atoms with E-state index >= 15 is 0 Å². The highest BCUT2D eigenvalue weighted by molar-refractivity contribution is 5.67. The average molecular weight is 241 g/mol. The van der Waals surface area contributed by atoms with Crippen molar-refractivity contribution in [3.8, 4) is 0 Å². The first-order chi connectivity index (χ1) is 8.10. The van der Waals surface area contributed by atoms with Gasteiger partial charge in [-0.1, -0.05) is 33.1 Å². The van der Waals surface area contributed by atoms with Gasteiger partial charge in [-0.2, -0.15) is 0 Å². The van der Waals surface area contributed by atoms with Gasteiger partial charge in [0.1, 0.15) is 0 Å². The predicted molar refractivity (Wildman–Crippen MR) is 70.1 cm³/mol. The Morgan fingerprint density at radius 3 is 2.53 bits per heavy atom. The van der Waals surface area contributed by atoms with E-state index in [2.05, 4.69) is 25.7 Å². The zero-order valence-corrected chi connectivity index (χ0v) is 11.5. The second kappa shape index (κ2) is 7.00. The van der Waals surface area contributed by atoms with Crippen LogP contribution >= 0.6 is 0 Å². The van der Waals surface area contributed by atoms with Gasteiger partial charge in [0.2, 0.25) is 0 Å². The molecule has 1 rings (SSSR count). The molecule has 1 fully saturated rings. The fourth-order valence-electron chi connectivity index (χ4n) is 3.34. The van der Waals surface area contributed by atoms with E-state index in [0.717, 1.165) is 12.5 Å². The van der Waals surface area contributed by atoms with Crippen LogP contribution in [0.3, 0.4) is 0 Å². The molecule has 0 aromatic rings. The Balaban J connectivity index is 2.66. The topological polar surface area (TPSA) is 40.5 Å². The molecule has 1 N–H and O–H groups in total. The van der Waals surface area contributed by atoms with Gasteiger partial charge in [0.25, 0.3) is 0 Å². The van der Waals surface area contributed by atoms with E-state index in [-0.39, 0.29) is 12.5 Å². The van der Waals surface area contributed by atoms with Gasteiger partial charge in [-0.15, -0.1) is 0 Å². The first-order valence-corrected chi connectivity index (χ1v) is 7.07. The quantitative estimate of drug-likeness (QED) is 0.776. The number of nitrogens with zero attached hydrogens (tertiary/aromatic N) is 1. The van der Waals surface area contributed by atoms with Crippen LogP contribution in [0.5, 0.6) is 0 Å². The Kier molecular flexibility index (Phi) is 5.96. The van der Waals surface area contributed by atoms with Gasteiger partial charge in [0.15, 0.2) is 0 Å². The van der Waals surface area contributed by atoms with E-state index in [0.29, 0.717) is 6.04 Å². The van der Waals surface area contributed by atoms with Crippen LogP contribution in [0.1, 0.15) is 59.3 Å². The molecule has 0 bridgehead atoms. The maximum Gasteiger partial charge on any atom is 0.304 e. The molecule has 17 heavy (non-hydrogen) atoms. The van der Waals surface area contributed by atoms with Crippen molar-refractivity contribution < 1.29 is 9.90 Å². The molecule has 0 saturated heterocycles. The molecule has 0 radical (unpaired) electrons. The maximum absolute atomic E-state index is 10.8. The van der Waals surface area contributed by atoms with Crippen LogP contribution < -0.4 is 0 Å². The largest absolute Gasteiger partial charge is 0.481 e. The summed E-state index contributed by atoms with van der Waals surface area (Å²) in [5, 5.41) is 8.92. The zero-order valence-electron chi connectivity index (χ0n) is 11.5. The summed E-state index contributed by atoms with van der Waals surface area (Å²) in [5.41, 5.74) is 0. The normalized spacial score (nSPS) is 27.1. The second-order valence-corrected chi connectivity index (χ2v) is 5.30. The SMILES string of the molecule is CCC1CCCCC1N(CC)C(C)CC(=O)O. The number of carbonyl (C=O) groups is 1. The highest BCUT2D eigenvalue weighted by Crippen LogP contribution is 2.32. The fraction of sp³-hybridized carbons (Fsp3) is 0.929. The highest BCUT2D eigenvalue weighted by Gasteiger charge is 2.31. The third-order valence-electron chi connectivity index (χ3n) is 4.22. The Labute approximate surface area is 105 Å². The summed E-state index contributed by atoms with van der Waals surface area (Å²) in [6, 6.07) is 0.766. The third kappa shape index (κ3) is 3.98. The third-order valence-corrected chi connectivity index (χ3v) is 4.22. The lowest BCUT2D eigenvalue weighted by atomic mass is 9.81. The van der Waals surface area contributed by atoms with Gasteiger partial charge in [0.05, 0.1) is 6.42 Å². The molecule has 0 spiro atoms. The van der Waals surface area contributed by atoms with Crippen molar-refractivity contribution >= 4 is 5.97 Å². The van der Waals surface area contributed by atoms with Crippen molar-refractivity contribution in [3.63, 3.8) is 0 Å². The number of rotatable bonds is 6. The molecule has 0 aliphatic heterocycles. The summed E-state index contributed by atoms with van der Waals surface area (Å²) in [5.74, 6) is 0.0831. The molecule has 0 aromatic heterocycles. The molecule has 1 aliphatic carbocycles. The lowest BCUT2D eigenvalue weighted by molar-refractivity contribution is -0.138. The Morgan fingerprint density at radius 1 is 1.35 bits per heavy atom. The van der Waals surface area contributed by atoms with Crippen molar-refractivity contribution in [1.29, 1.82) is 0 Å². The summed E-state index contributed by atoms with van der Waals surface area (Å²) in [7, 11) is 0. The standard InChI is InChI=1S/C14H27NO2/c1-4-12-8-6-7-9-13(12)15(5-2)11(3)10-14(16)17/h11-13H,4-10H2,1-3H3,(H,16,17). The Morgan fingerprint density at radius 2 is 2.00 bits per heavy atom. The predicted octanol–water partition coefficient (Wildman–Crippen LogP) is 3.14. The van der Waals surface area contributed by atoms with Crippen LogP contribution in [-0.2, 0) is 4.79 Å². The molecule has 0 aromatic carbocycles. The van der Waals surface area contributed by atoms with Crippen molar-refractivity contribution in [2.75, 3.05) is 6.54 Å². The van der Waals surface area contributed by atoms with Crippen LogP contribution in [0.2, 0.25) is 0 Å². The summed E-state index contributed by atoms with van der Waals surface area (Å²) >= 11 is 0. The molecule has 0 heterocycles. The van der Waals surface area contributed by atoms with Crippen molar-refractivity contribution in [1.82, 2.24) is 4.90 Å². The molecule has 1 saturated carbocycles. The monoisotopic (exact) mass is 241 g/mol. The van der Waals surface area contributed by atoms with E-state index in [1.54, 1.807) is 0 Å². The van der Waals surface area contributed by atoms with Crippen LogP contribution in [0, 0.1) is 5.92 Å². The van der Waals surface area contributed by atoms with Gasteiger partial charge in [0, 0.05) is 12.1 Å². The van der Waals surface area contributed by atoms with Crippen LogP contribution in [0.15, 0.2) is 0 Å². The molecule has 0 amide bonds. The van der Waals surface area contributed by atoms with E-state index < -0.39 is 5.97 Å². The van der Waals surface area contributed by atoms with Crippen LogP contribution in [-0.4, -0.2) is 34.6 Å². The lowest BCUT2D eigenvalue weighted by Crippen LogP contribution is -2.47. The summed E-state index contributed by atoms with van der Waals surface area (Å²) in [4.78, 5) is 13.3. The van der Waals surface area contributed by atoms with E-state index in [1.165, 1.54) is 32.1 Å². The minimum atomic E-state index is -0.681. The molecule has 1 aliphatic rings. The summed E-state index contributed by atoms with van der Waals surface area (Å²) in [6.45, 7) is 7.44. The molecular formula is C14H27NO2. The number of hydrogen-bond acceptors (Lipinski definition) is 2. The summed E-state index contributed by atoms with van der Waals surface area (Å²) in [6.07, 6.45) is 6.70. The zero-order chi connectivity index (χ0) is 12.8. The lowest BCUT2D eigenvalue weighted by Gasteiger charge is -2.42. The maximum atomic E-state index is 10.8. The smallest absolute Gasteiger partial charge is 0.304 e. The van der Waals surface area contributed by atoms with Crippen LogP contribution in [0.25, 0.3) is 0 Å². The number of hydrogen-bond donors (Lipinski definition) is 1. The fourth-order valence-corrected chi connectivity index (χ4v) is 3.34. The Bertz CT molecular complexity index is 242. The Hall–Kier alpha value is -0.570. The van der Waals surface area contributed by atoms with E-state index in [9.17, 15) is 4.79 Å². The van der Waals surface area contributed by atoms with Gasteiger partial charge in [-0.25, -0.2) is 0 Å². The molecule has 3 atom stereocenters. The van der Waals surface area contributed by atoms with Crippen LogP contribution in [0.4, 0.5) is 0 Å². The molecule has 3 nitrogen and oxygen atoms in total. The highest BCUT2D eigenvalue weighted by atomic mass is 16.4. The molecule has 3 unspecified atom stereocenters. The van der Waals surface area contributed by atoms with Gasteiger partial charge in [-0.05, 0) is 32.2 Å². The van der Waals surface area contributed by atoms with E-state index in [4.69, 9.17) is 5.11 Å². The van der Waals surface area contributed by atoms with Crippen molar-refractivity contribution in [2.24, 2.45) is 5.92 Å². The van der Waals surface area contributed by atoms with Crippen molar-refractivity contribution in [3.05, 3.63) is 0 Å². The summed E-state index contributed by atoms with van der Waals surface area (Å²) < 4.78 is 0. The minimum Gasteiger partial charge on any atom is -0.481 e. The number of carboxylic acid groups (broad SMARTS) is 1. The van der Waals surface area contributed by atoms with E-state index in [1.807, 2.05) is 0 Å². The van der Waals surface area contributed by atoms with Crippen molar-refractivity contribution in [2.45, 2.75) is 71.4 Å². The first kappa shape index (κ1) is 14.5. The second-order valence-electron chi connectivity index (χ2n) is 5.30. The van der Waals surface area contributed by atoms with Gasteiger partial charge < -0.3 is 5.11 Å². The first-order valence-electron chi connectivity index (χ1n) is 7.07.